The third kappa shape index (κ3) is 5.08. The van der Waals surface area contributed by atoms with Gasteiger partial charge in [0.15, 0.2) is 11.6 Å². The average molecular weight is 763 g/mol. The molecule has 0 amide bonds. The fourth-order valence-electron chi connectivity index (χ4n) is 8.52. The van der Waals surface area contributed by atoms with E-state index in [9.17, 15) is 0 Å². The number of para-hydroxylation sites is 1. The number of rotatable bonds is 5. The molecule has 0 aliphatic rings. The Kier molecular flexibility index (Phi) is 7.24. The Bertz CT molecular complexity index is 3510. The maximum absolute atomic E-state index is 5.51. The fourth-order valence-corrected chi connectivity index (χ4v) is 10.9. The first kappa shape index (κ1) is 32.3. The van der Waals surface area contributed by atoms with Crippen molar-refractivity contribution in [1.82, 2.24) is 19.5 Å². The molecule has 0 saturated carbocycles. The van der Waals surface area contributed by atoms with Gasteiger partial charge in [-0.2, -0.15) is 9.97 Å². The number of benzene rings is 8. The SMILES string of the molecule is c1ccc(-c2nc(-c3cc(-c4ccccc4)c4c(c3)sc3ccccc34)nc(-n3c4c(-c5ccccc5)cccc4c4ccc5c6ccccc6sc5c43)n2)cc1. The highest BCUT2D eigenvalue weighted by Crippen LogP contribution is 2.46. The van der Waals surface area contributed by atoms with Gasteiger partial charge in [-0.05, 0) is 41.0 Å². The second kappa shape index (κ2) is 12.8. The molecule has 57 heavy (non-hydrogen) atoms. The van der Waals surface area contributed by atoms with Crippen LogP contribution in [-0.2, 0) is 0 Å². The zero-order valence-electron chi connectivity index (χ0n) is 30.4. The second-order valence-corrected chi connectivity index (χ2v) is 16.5. The standard InChI is InChI=1S/C51H30N4S2/c1-4-15-31(16-5-1)35-23-14-24-37-38-27-28-39-36-21-10-12-25-42(36)57-48(39)47(38)55(46(35)37)51-53-49(33-19-8-3-9-20-33)52-50(54-51)34-29-41(32-17-6-2-7-18-32)45-40-22-11-13-26-43(40)56-44(45)30-34/h1-30H. The third-order valence-corrected chi connectivity index (χ3v) is 13.4. The van der Waals surface area contributed by atoms with E-state index in [1.54, 1.807) is 0 Å². The minimum Gasteiger partial charge on any atom is -0.276 e. The zero-order valence-corrected chi connectivity index (χ0v) is 32.1. The van der Waals surface area contributed by atoms with Crippen LogP contribution in [0.25, 0.3) is 113 Å². The maximum atomic E-state index is 5.51. The molecular formula is C51H30N4S2. The summed E-state index contributed by atoms with van der Waals surface area (Å²) in [5.41, 5.74) is 8.65. The molecule has 4 aromatic heterocycles. The lowest BCUT2D eigenvalue weighted by molar-refractivity contribution is 0.956. The number of thiophene rings is 2. The quantitative estimate of drug-likeness (QED) is 0.175. The van der Waals surface area contributed by atoms with Gasteiger partial charge in [0, 0.05) is 63.1 Å². The summed E-state index contributed by atoms with van der Waals surface area (Å²) in [5, 5.41) is 7.33. The summed E-state index contributed by atoms with van der Waals surface area (Å²) in [6.45, 7) is 0. The summed E-state index contributed by atoms with van der Waals surface area (Å²) in [7, 11) is 0. The molecule has 0 N–H and O–H groups in total. The smallest absolute Gasteiger partial charge is 0.238 e. The lowest BCUT2D eigenvalue weighted by Gasteiger charge is -2.14. The van der Waals surface area contributed by atoms with Gasteiger partial charge in [-0.1, -0.05) is 158 Å². The predicted molar refractivity (Wildman–Crippen MR) is 242 cm³/mol. The van der Waals surface area contributed by atoms with Crippen LogP contribution in [0.4, 0.5) is 0 Å². The molecule has 0 saturated heterocycles. The summed E-state index contributed by atoms with van der Waals surface area (Å²) in [6, 6.07) is 64.8. The van der Waals surface area contributed by atoms with Crippen molar-refractivity contribution >= 4 is 84.8 Å². The highest BCUT2D eigenvalue weighted by atomic mass is 32.1. The van der Waals surface area contributed by atoms with Crippen molar-refractivity contribution in [3.63, 3.8) is 0 Å². The van der Waals surface area contributed by atoms with Crippen LogP contribution >= 0.6 is 22.7 Å². The number of aromatic nitrogens is 4. The minimum absolute atomic E-state index is 0.588. The van der Waals surface area contributed by atoms with Crippen LogP contribution in [0.1, 0.15) is 0 Å². The largest absolute Gasteiger partial charge is 0.276 e. The molecule has 12 aromatic rings. The average Bonchev–Trinajstić information content (AvgIpc) is 3.96. The van der Waals surface area contributed by atoms with Gasteiger partial charge < -0.3 is 0 Å². The molecule has 0 atom stereocenters. The van der Waals surface area contributed by atoms with E-state index < -0.39 is 0 Å². The van der Waals surface area contributed by atoms with Gasteiger partial charge in [-0.3, -0.25) is 4.57 Å². The molecule has 0 spiro atoms. The van der Waals surface area contributed by atoms with Gasteiger partial charge in [0.25, 0.3) is 0 Å². The normalized spacial score (nSPS) is 11.9. The number of hydrogen-bond acceptors (Lipinski definition) is 5. The van der Waals surface area contributed by atoms with Crippen LogP contribution in [0.2, 0.25) is 0 Å². The minimum atomic E-state index is 0.588. The molecule has 0 radical (unpaired) electrons. The Morgan fingerprint density at radius 2 is 0.912 bits per heavy atom. The maximum Gasteiger partial charge on any atom is 0.238 e. The topological polar surface area (TPSA) is 43.6 Å². The van der Waals surface area contributed by atoms with E-state index in [1.165, 1.54) is 51.3 Å². The first-order valence-corrected chi connectivity index (χ1v) is 20.7. The van der Waals surface area contributed by atoms with Gasteiger partial charge in [0.2, 0.25) is 5.95 Å². The van der Waals surface area contributed by atoms with Crippen LogP contribution in [0, 0.1) is 0 Å². The van der Waals surface area contributed by atoms with E-state index in [2.05, 4.69) is 168 Å². The molecular weight excluding hydrogens is 733 g/mol. The van der Waals surface area contributed by atoms with Crippen LogP contribution in [0.5, 0.6) is 0 Å². The third-order valence-electron chi connectivity index (χ3n) is 11.1. The van der Waals surface area contributed by atoms with Crippen molar-refractivity contribution < 1.29 is 0 Å². The van der Waals surface area contributed by atoms with E-state index in [0.717, 1.165) is 44.2 Å². The summed E-state index contributed by atoms with van der Waals surface area (Å²) in [4.78, 5) is 16.2. The van der Waals surface area contributed by atoms with Crippen molar-refractivity contribution in [3.05, 3.63) is 182 Å². The predicted octanol–water partition coefficient (Wildman–Crippen LogP) is 14.4. The molecule has 0 fully saturated rings. The first-order chi connectivity index (χ1) is 28.3. The first-order valence-electron chi connectivity index (χ1n) is 19.0. The van der Waals surface area contributed by atoms with Crippen LogP contribution < -0.4 is 0 Å². The van der Waals surface area contributed by atoms with E-state index in [-0.39, 0.29) is 0 Å². The Morgan fingerprint density at radius 3 is 1.65 bits per heavy atom. The highest BCUT2D eigenvalue weighted by Gasteiger charge is 2.24. The number of nitrogens with zero attached hydrogens (tertiary/aromatic N) is 4. The highest BCUT2D eigenvalue weighted by molar-refractivity contribution is 7.26. The zero-order chi connectivity index (χ0) is 37.5. The molecule has 0 unspecified atom stereocenters. The van der Waals surface area contributed by atoms with Crippen molar-refractivity contribution in [2.75, 3.05) is 0 Å². The molecule has 12 rings (SSSR count). The Hall–Kier alpha value is -6.99. The lowest BCUT2D eigenvalue weighted by Crippen LogP contribution is -2.07. The summed E-state index contributed by atoms with van der Waals surface area (Å²) in [6.07, 6.45) is 0. The molecule has 0 aliphatic carbocycles. The van der Waals surface area contributed by atoms with Crippen LogP contribution in [0.3, 0.4) is 0 Å². The van der Waals surface area contributed by atoms with Gasteiger partial charge in [-0.15, -0.1) is 22.7 Å². The number of fused-ring (bicyclic) bond motifs is 10. The monoisotopic (exact) mass is 762 g/mol. The Labute approximate surface area is 335 Å². The van der Waals surface area contributed by atoms with Crippen molar-refractivity contribution in [1.29, 1.82) is 0 Å². The van der Waals surface area contributed by atoms with E-state index in [1.807, 2.05) is 40.9 Å². The summed E-state index contributed by atoms with van der Waals surface area (Å²) >= 11 is 3.64. The van der Waals surface area contributed by atoms with E-state index >= 15 is 0 Å². The van der Waals surface area contributed by atoms with Crippen molar-refractivity contribution in [2.45, 2.75) is 0 Å². The van der Waals surface area contributed by atoms with Crippen LogP contribution in [-0.4, -0.2) is 19.5 Å². The van der Waals surface area contributed by atoms with Crippen molar-refractivity contribution in [3.8, 4) is 51.0 Å². The molecule has 4 nitrogen and oxygen atoms in total. The van der Waals surface area contributed by atoms with Gasteiger partial charge in [0.1, 0.15) is 0 Å². The molecule has 8 aromatic carbocycles. The van der Waals surface area contributed by atoms with Gasteiger partial charge in [0.05, 0.1) is 15.7 Å². The van der Waals surface area contributed by atoms with Crippen molar-refractivity contribution in [2.24, 2.45) is 0 Å². The summed E-state index contributed by atoms with van der Waals surface area (Å²) in [5.74, 6) is 1.85. The van der Waals surface area contributed by atoms with Crippen LogP contribution in [0.15, 0.2) is 182 Å². The second-order valence-electron chi connectivity index (χ2n) is 14.3. The molecule has 0 bridgehead atoms. The molecule has 4 heterocycles. The Balaban J connectivity index is 1.22. The van der Waals surface area contributed by atoms with E-state index in [0.29, 0.717) is 17.6 Å². The fraction of sp³-hybridized carbons (Fsp3) is 0. The molecule has 266 valence electrons. The lowest BCUT2D eigenvalue weighted by atomic mass is 9.97. The number of hydrogen-bond donors (Lipinski definition) is 0. The Morgan fingerprint density at radius 1 is 0.351 bits per heavy atom. The van der Waals surface area contributed by atoms with Gasteiger partial charge >= 0.3 is 0 Å². The molecule has 6 heteroatoms. The molecule has 0 aliphatic heterocycles. The van der Waals surface area contributed by atoms with Gasteiger partial charge in [-0.25, -0.2) is 4.98 Å². The van der Waals surface area contributed by atoms with E-state index in [4.69, 9.17) is 15.0 Å². The summed E-state index contributed by atoms with van der Waals surface area (Å²) < 4.78 is 7.25.